The maximum absolute atomic E-state index is 12.6. The molecule has 4 heterocycles. The fourth-order valence-corrected chi connectivity index (χ4v) is 4.20. The molecule has 1 aromatic carbocycles. The number of nitrogens with zero attached hydrogens (tertiary/aromatic N) is 4. The van der Waals surface area contributed by atoms with Crippen LogP contribution < -0.4 is 21.1 Å². The molecule has 5 rings (SSSR count). The Morgan fingerprint density at radius 2 is 1.80 bits per heavy atom. The molecule has 0 atom stereocenters. The number of hydrogen-bond acceptors (Lipinski definition) is 7. The molecule has 0 saturated carbocycles. The van der Waals surface area contributed by atoms with Gasteiger partial charge in [-0.2, -0.15) is 4.98 Å². The third-order valence-electron chi connectivity index (χ3n) is 5.83. The SMILES string of the molecule is O=c1ccc2cnc(Nc3ccc(N4CCNCC4)cc3)nc2n1C1CCOCC1. The summed E-state index contributed by atoms with van der Waals surface area (Å²) >= 11 is 0. The number of ether oxygens (including phenoxy) is 1. The predicted octanol–water partition coefficient (Wildman–Crippen LogP) is 2.30. The van der Waals surface area contributed by atoms with Crippen LogP contribution in [0.15, 0.2) is 47.4 Å². The second-order valence-electron chi connectivity index (χ2n) is 7.77. The molecule has 2 aliphatic heterocycles. The number of nitrogens with one attached hydrogen (secondary N) is 2. The van der Waals surface area contributed by atoms with Gasteiger partial charge in [-0.1, -0.05) is 0 Å². The van der Waals surface area contributed by atoms with E-state index in [9.17, 15) is 4.79 Å². The molecule has 0 aliphatic carbocycles. The van der Waals surface area contributed by atoms with E-state index in [0.717, 1.165) is 50.1 Å². The first kappa shape index (κ1) is 19.0. The van der Waals surface area contributed by atoms with Gasteiger partial charge in [0.05, 0.1) is 0 Å². The Morgan fingerprint density at radius 1 is 1.03 bits per heavy atom. The van der Waals surface area contributed by atoms with E-state index in [-0.39, 0.29) is 11.6 Å². The molecule has 3 aromatic rings. The quantitative estimate of drug-likeness (QED) is 0.688. The van der Waals surface area contributed by atoms with Crippen LogP contribution in [-0.2, 0) is 4.74 Å². The number of pyridine rings is 1. The van der Waals surface area contributed by atoms with E-state index in [4.69, 9.17) is 9.72 Å². The van der Waals surface area contributed by atoms with E-state index in [1.165, 1.54) is 5.69 Å². The predicted molar refractivity (Wildman–Crippen MR) is 118 cm³/mol. The molecule has 0 bridgehead atoms. The van der Waals surface area contributed by atoms with Crippen molar-refractivity contribution in [1.29, 1.82) is 0 Å². The molecule has 30 heavy (non-hydrogen) atoms. The van der Waals surface area contributed by atoms with Gasteiger partial charge in [-0.15, -0.1) is 0 Å². The lowest BCUT2D eigenvalue weighted by molar-refractivity contribution is 0.0697. The number of piperazine rings is 1. The van der Waals surface area contributed by atoms with Crippen molar-refractivity contribution in [3.05, 3.63) is 52.9 Å². The highest BCUT2D eigenvalue weighted by Gasteiger charge is 2.20. The summed E-state index contributed by atoms with van der Waals surface area (Å²) in [7, 11) is 0. The topological polar surface area (TPSA) is 84.3 Å². The van der Waals surface area contributed by atoms with Gasteiger partial charge < -0.3 is 20.3 Å². The molecule has 0 amide bonds. The zero-order chi connectivity index (χ0) is 20.3. The van der Waals surface area contributed by atoms with E-state index in [1.807, 2.05) is 12.1 Å². The molecule has 0 spiro atoms. The molecule has 8 heteroatoms. The highest BCUT2D eigenvalue weighted by Crippen LogP contribution is 2.24. The van der Waals surface area contributed by atoms with Gasteiger partial charge in [0.25, 0.3) is 5.56 Å². The average molecular weight is 406 g/mol. The standard InChI is InChI=1S/C22H26N6O2/c29-20-6-1-16-15-24-22(26-21(16)28(20)19-7-13-30-14-8-19)25-17-2-4-18(5-3-17)27-11-9-23-10-12-27/h1-6,15,19,23H,7-14H2,(H,24,25,26). The lowest BCUT2D eigenvalue weighted by Gasteiger charge is -2.29. The van der Waals surface area contributed by atoms with Gasteiger partial charge in [0.1, 0.15) is 5.65 Å². The smallest absolute Gasteiger partial charge is 0.252 e. The van der Waals surface area contributed by atoms with Crippen molar-refractivity contribution >= 4 is 28.4 Å². The normalized spacial score (nSPS) is 17.9. The molecule has 2 aliphatic rings. The Balaban J connectivity index is 1.41. The van der Waals surface area contributed by atoms with Crippen LogP contribution in [0.3, 0.4) is 0 Å². The summed E-state index contributed by atoms with van der Waals surface area (Å²) in [5, 5.41) is 7.52. The third-order valence-corrected chi connectivity index (χ3v) is 5.83. The van der Waals surface area contributed by atoms with Crippen molar-refractivity contribution in [1.82, 2.24) is 19.9 Å². The summed E-state index contributed by atoms with van der Waals surface area (Å²) in [6.07, 6.45) is 3.41. The average Bonchev–Trinajstić information content (AvgIpc) is 2.80. The van der Waals surface area contributed by atoms with Crippen LogP contribution in [-0.4, -0.2) is 53.9 Å². The lowest BCUT2D eigenvalue weighted by atomic mass is 10.1. The number of rotatable bonds is 4. The number of fused-ring (bicyclic) bond motifs is 1. The second kappa shape index (κ2) is 8.41. The van der Waals surface area contributed by atoms with Gasteiger partial charge in [0.2, 0.25) is 5.95 Å². The number of hydrogen-bond donors (Lipinski definition) is 2. The maximum atomic E-state index is 12.6. The Hall–Kier alpha value is -2.97. The summed E-state index contributed by atoms with van der Waals surface area (Å²) in [5.41, 5.74) is 2.78. The molecule has 0 unspecified atom stereocenters. The second-order valence-corrected chi connectivity index (χ2v) is 7.77. The summed E-state index contributed by atoms with van der Waals surface area (Å²) in [4.78, 5) is 24.1. The molecule has 0 radical (unpaired) electrons. The number of aromatic nitrogens is 3. The number of benzene rings is 1. The van der Waals surface area contributed by atoms with Crippen LogP contribution in [0.2, 0.25) is 0 Å². The van der Waals surface area contributed by atoms with Crippen LogP contribution in [0.5, 0.6) is 0 Å². The van der Waals surface area contributed by atoms with Crippen LogP contribution in [0.4, 0.5) is 17.3 Å². The van der Waals surface area contributed by atoms with Crippen molar-refractivity contribution in [2.24, 2.45) is 0 Å². The molecule has 2 saturated heterocycles. The number of anilines is 3. The van der Waals surface area contributed by atoms with Gasteiger partial charge in [-0.25, -0.2) is 4.98 Å². The zero-order valence-electron chi connectivity index (χ0n) is 16.9. The Morgan fingerprint density at radius 3 is 2.57 bits per heavy atom. The minimum Gasteiger partial charge on any atom is -0.381 e. The minimum absolute atomic E-state index is 0.0283. The summed E-state index contributed by atoms with van der Waals surface area (Å²) < 4.78 is 7.27. The highest BCUT2D eigenvalue weighted by atomic mass is 16.5. The minimum atomic E-state index is -0.0283. The van der Waals surface area contributed by atoms with Crippen molar-refractivity contribution < 1.29 is 4.74 Å². The van der Waals surface area contributed by atoms with Crippen molar-refractivity contribution in [3.63, 3.8) is 0 Å². The Labute approximate surface area is 174 Å². The van der Waals surface area contributed by atoms with E-state index >= 15 is 0 Å². The van der Waals surface area contributed by atoms with Gasteiger partial charge >= 0.3 is 0 Å². The molecular formula is C22H26N6O2. The van der Waals surface area contributed by atoms with E-state index in [2.05, 4.69) is 32.7 Å². The molecule has 156 valence electrons. The summed E-state index contributed by atoms with van der Waals surface area (Å²) in [6, 6.07) is 11.8. The molecular weight excluding hydrogens is 380 g/mol. The van der Waals surface area contributed by atoms with Crippen LogP contribution in [0, 0.1) is 0 Å². The van der Waals surface area contributed by atoms with Gasteiger partial charge in [-0.3, -0.25) is 9.36 Å². The van der Waals surface area contributed by atoms with E-state index in [0.29, 0.717) is 24.8 Å². The summed E-state index contributed by atoms with van der Waals surface area (Å²) in [6.45, 7) is 5.40. The monoisotopic (exact) mass is 406 g/mol. The lowest BCUT2D eigenvalue weighted by Crippen LogP contribution is -2.43. The van der Waals surface area contributed by atoms with Gasteiger partial charge in [0.15, 0.2) is 0 Å². The Kier molecular flexibility index (Phi) is 5.33. The van der Waals surface area contributed by atoms with Crippen molar-refractivity contribution in [2.75, 3.05) is 49.6 Å². The van der Waals surface area contributed by atoms with Crippen molar-refractivity contribution in [3.8, 4) is 0 Å². The van der Waals surface area contributed by atoms with E-state index < -0.39 is 0 Å². The first-order chi connectivity index (χ1) is 14.8. The molecule has 2 fully saturated rings. The van der Waals surface area contributed by atoms with Gasteiger partial charge in [0, 0.05) is 74.5 Å². The largest absolute Gasteiger partial charge is 0.381 e. The third kappa shape index (κ3) is 3.88. The fourth-order valence-electron chi connectivity index (χ4n) is 4.20. The molecule has 2 N–H and O–H groups in total. The van der Waals surface area contributed by atoms with Crippen LogP contribution in [0.25, 0.3) is 11.0 Å². The zero-order valence-corrected chi connectivity index (χ0v) is 16.9. The fraction of sp³-hybridized carbons (Fsp3) is 0.409. The first-order valence-corrected chi connectivity index (χ1v) is 10.6. The molecule has 2 aromatic heterocycles. The van der Waals surface area contributed by atoms with E-state index in [1.54, 1.807) is 22.9 Å². The first-order valence-electron chi connectivity index (χ1n) is 10.6. The maximum Gasteiger partial charge on any atom is 0.252 e. The summed E-state index contributed by atoms with van der Waals surface area (Å²) in [5.74, 6) is 0.490. The van der Waals surface area contributed by atoms with Crippen LogP contribution >= 0.6 is 0 Å². The van der Waals surface area contributed by atoms with Gasteiger partial charge in [-0.05, 0) is 43.2 Å². The van der Waals surface area contributed by atoms with Crippen LogP contribution in [0.1, 0.15) is 18.9 Å². The Bertz CT molecular complexity index is 1070. The highest BCUT2D eigenvalue weighted by molar-refractivity contribution is 5.76. The molecule has 8 nitrogen and oxygen atoms in total. The van der Waals surface area contributed by atoms with Crippen molar-refractivity contribution in [2.45, 2.75) is 18.9 Å².